The molecule has 0 saturated carbocycles. The summed E-state index contributed by atoms with van der Waals surface area (Å²) in [5, 5.41) is 20.9. The lowest BCUT2D eigenvalue weighted by Gasteiger charge is -2.28. The van der Waals surface area contributed by atoms with E-state index in [0.717, 1.165) is 56.0 Å². The summed E-state index contributed by atoms with van der Waals surface area (Å²) in [7, 11) is 0. The maximum atomic E-state index is 14.5. The number of phenolic OH excluding ortho intramolecular Hbond substituents is 1. The van der Waals surface area contributed by atoms with Crippen molar-refractivity contribution >= 4 is 85.1 Å². The van der Waals surface area contributed by atoms with Gasteiger partial charge in [-0.1, -0.05) is 84.5 Å². The molecule has 2 unspecified atom stereocenters. The van der Waals surface area contributed by atoms with Crippen LogP contribution in [0.15, 0.2) is 88.4 Å². The van der Waals surface area contributed by atoms with Gasteiger partial charge in [0.25, 0.3) is 23.6 Å². The normalized spacial score (nSPS) is 16.9. The van der Waals surface area contributed by atoms with Crippen molar-refractivity contribution in [1.29, 1.82) is 0 Å². The summed E-state index contributed by atoms with van der Waals surface area (Å²) in [5.41, 5.74) is 4.75. The molecule has 4 heterocycles. The van der Waals surface area contributed by atoms with Crippen LogP contribution in [0.5, 0.6) is 5.75 Å². The molecule has 0 aromatic heterocycles. The summed E-state index contributed by atoms with van der Waals surface area (Å²) in [6, 6.07) is 19.6. The number of piperidine rings is 1. The van der Waals surface area contributed by atoms with Crippen molar-refractivity contribution in [2.75, 3.05) is 51.4 Å². The van der Waals surface area contributed by atoms with Crippen molar-refractivity contribution in [2.24, 2.45) is 0 Å². The number of anilines is 1. The Morgan fingerprint density at radius 2 is 1.70 bits per heavy atom. The highest BCUT2D eigenvalue weighted by Crippen LogP contribution is 2.39. The van der Waals surface area contributed by atoms with Crippen LogP contribution in [0.1, 0.15) is 92.8 Å². The van der Waals surface area contributed by atoms with Gasteiger partial charge in [-0.15, -0.1) is 0 Å². The predicted octanol–water partition coefficient (Wildman–Crippen LogP) is 6.36. The Morgan fingerprint density at radius 1 is 0.930 bits per heavy atom. The fraction of sp³-hybridized carbons (Fsp3) is 0.327. The quantitative estimate of drug-likeness (QED) is 0.0386. The zero-order valence-corrected chi connectivity index (χ0v) is 42.0. The van der Waals surface area contributed by atoms with Crippen molar-refractivity contribution in [2.45, 2.75) is 64.1 Å². The minimum Gasteiger partial charge on any atom is -0.508 e. The SMILES string of the molecule is C=I1=C(NC(=O)C(c2cc(F)ccc2O)N2Cc3ccc(-c4ccc(CCCN(CCC)C(=O)CCOCCOCCNc5cccc6c5C(=O)N(C5CCC(=O)NC5=O)C6=O)cc4)cc3C2=O)SC=C1. The van der Waals surface area contributed by atoms with Gasteiger partial charge in [0.05, 0.1) is 44.0 Å². The number of nitrogens with one attached hydrogen (secondary N) is 3. The second kappa shape index (κ2) is 23.2. The van der Waals surface area contributed by atoms with Crippen molar-refractivity contribution < 1.29 is 52.5 Å². The van der Waals surface area contributed by atoms with Gasteiger partial charge in [0, 0.05) is 49.4 Å². The molecule has 16 nitrogen and oxygen atoms in total. The number of carbonyl (C=O) groups excluding carboxylic acids is 7. The van der Waals surface area contributed by atoms with E-state index in [1.807, 2.05) is 57.7 Å². The lowest BCUT2D eigenvalue weighted by molar-refractivity contribution is -0.136. The molecule has 0 bridgehead atoms. The van der Waals surface area contributed by atoms with E-state index >= 15 is 0 Å². The van der Waals surface area contributed by atoms with E-state index in [0.29, 0.717) is 36.4 Å². The highest BCUT2D eigenvalue weighted by molar-refractivity contribution is 14.2. The number of rotatable bonds is 22. The summed E-state index contributed by atoms with van der Waals surface area (Å²) in [5.74, 6) is -4.13. The number of hydrogen-bond acceptors (Lipinski definition) is 12. The molecular weight excluding hydrogens is 1050 g/mol. The average molecular weight is 1100 g/mol. The summed E-state index contributed by atoms with van der Waals surface area (Å²) < 4.78 is 32.8. The van der Waals surface area contributed by atoms with E-state index < -0.39 is 72.2 Å². The highest BCUT2D eigenvalue weighted by atomic mass is 127. The van der Waals surface area contributed by atoms with E-state index in [1.54, 1.807) is 18.2 Å². The minimum absolute atomic E-state index is 0.00121. The third kappa shape index (κ3) is 11.7. The van der Waals surface area contributed by atoms with Crippen LogP contribution in [0.4, 0.5) is 10.1 Å². The smallest absolute Gasteiger partial charge is 0.264 e. The average Bonchev–Trinajstić information content (AvgIpc) is 4.00. The molecule has 7 amide bonds. The fourth-order valence-electron chi connectivity index (χ4n) is 8.95. The number of phenols is 1. The number of amides is 7. The van der Waals surface area contributed by atoms with Crippen LogP contribution in [-0.4, -0.2) is 121 Å². The van der Waals surface area contributed by atoms with Crippen LogP contribution in [0.25, 0.3) is 11.1 Å². The van der Waals surface area contributed by atoms with Gasteiger partial charge in [0.2, 0.25) is 17.7 Å². The molecule has 4 N–H and O–H groups in total. The number of benzene rings is 4. The van der Waals surface area contributed by atoms with E-state index in [9.17, 15) is 43.1 Å². The number of aromatic hydroxyl groups is 1. The van der Waals surface area contributed by atoms with E-state index in [2.05, 4.69) is 20.5 Å². The van der Waals surface area contributed by atoms with Gasteiger partial charge in [-0.2, -0.15) is 0 Å². The molecule has 0 radical (unpaired) electrons. The van der Waals surface area contributed by atoms with E-state index in [4.69, 9.17) is 9.47 Å². The van der Waals surface area contributed by atoms with Crippen LogP contribution in [-0.2, 0) is 41.6 Å². The highest BCUT2D eigenvalue weighted by Gasteiger charge is 2.46. The zero-order chi connectivity index (χ0) is 50.2. The molecule has 372 valence electrons. The van der Waals surface area contributed by atoms with Crippen LogP contribution < -0.4 is 16.0 Å². The number of hydrogen-bond donors (Lipinski definition) is 4. The van der Waals surface area contributed by atoms with Gasteiger partial charge in [0.15, 0.2) is 0 Å². The molecule has 4 aliphatic heterocycles. The number of imide groups is 2. The van der Waals surface area contributed by atoms with Crippen LogP contribution in [0.2, 0.25) is 0 Å². The first-order valence-corrected chi connectivity index (χ1v) is 28.1. The second-order valence-electron chi connectivity index (χ2n) is 17.2. The van der Waals surface area contributed by atoms with Crippen LogP contribution in [0.3, 0.4) is 0 Å². The van der Waals surface area contributed by atoms with E-state index in [-0.39, 0.29) is 80.6 Å². The lowest BCUT2D eigenvalue weighted by atomic mass is 9.98. The summed E-state index contributed by atoms with van der Waals surface area (Å²) >= 11 is -0.555. The molecular formula is C52H54FIN6O10S. The summed E-state index contributed by atoms with van der Waals surface area (Å²) in [6.45, 7) is 4.76. The minimum atomic E-state index is -1.93. The molecule has 4 aliphatic rings. The predicted molar refractivity (Wildman–Crippen MR) is 277 cm³/mol. The molecule has 0 spiro atoms. The Balaban J connectivity index is 0.758. The number of thioether (sulfide) groups is 1. The summed E-state index contributed by atoms with van der Waals surface area (Å²) in [6.07, 6.45) is 2.67. The molecule has 1 fully saturated rings. The first-order chi connectivity index (χ1) is 34.3. The third-order valence-electron chi connectivity index (χ3n) is 12.5. The van der Waals surface area contributed by atoms with Gasteiger partial charge in [-0.3, -0.25) is 43.8 Å². The third-order valence-corrected chi connectivity index (χ3v) is 18.4. The lowest BCUT2D eigenvalue weighted by Crippen LogP contribution is -2.54. The Labute approximate surface area is 420 Å². The number of ether oxygens (including phenoxy) is 2. The standard InChI is InChI=1S/C52H54FIN6O10S/c1-3-22-58(44(63)19-24-69-26-27-70-25-21-55-40-8-4-7-37-45(40)51(68)60(50(37)67)41-16-18-43(62)56-47(41)64)23-5-6-32-9-11-33(12-10-32)34-13-14-35-31-59(49(66)38(35)29-34)46(39-30-36(53)15-17-42(39)61)48(65)57-52-54(2)20-28-71-52/h4,7-15,17,20,28-30,41,46,55,61H,2-3,5-6,16,18-19,21-27,31H2,1H3,(H,57,65)(H,56,62,64). The van der Waals surface area contributed by atoms with Gasteiger partial charge < -0.3 is 35.0 Å². The monoisotopic (exact) mass is 1100 g/mol. The Kier molecular flexibility index (Phi) is 16.7. The first-order valence-electron chi connectivity index (χ1n) is 23.3. The molecule has 0 aliphatic carbocycles. The molecule has 4 aromatic carbocycles. The fourth-order valence-corrected chi connectivity index (χ4v) is 13.7. The number of aryl methyl sites for hydroxylation is 1. The number of fused-ring (bicyclic) bond motifs is 2. The Hall–Kier alpha value is -6.42. The zero-order valence-electron chi connectivity index (χ0n) is 39.0. The molecule has 71 heavy (non-hydrogen) atoms. The first kappa shape index (κ1) is 51.0. The van der Waals surface area contributed by atoms with Crippen molar-refractivity contribution in [3.63, 3.8) is 0 Å². The maximum absolute atomic E-state index is 14.5. The largest absolute Gasteiger partial charge is 0.508 e. The van der Waals surface area contributed by atoms with Gasteiger partial charge >= 0.3 is 0 Å². The van der Waals surface area contributed by atoms with Gasteiger partial charge in [0.1, 0.15) is 26.6 Å². The van der Waals surface area contributed by atoms with Gasteiger partial charge in [-0.05, 0) is 93.8 Å². The molecule has 19 heteroatoms. The number of carbonyl (C=O) groups is 7. The van der Waals surface area contributed by atoms with Crippen molar-refractivity contribution in [1.82, 2.24) is 25.3 Å². The number of nitrogens with zero attached hydrogens (tertiary/aromatic N) is 3. The Bertz CT molecular complexity index is 2890. The molecule has 8 rings (SSSR count). The topological polar surface area (TPSA) is 204 Å². The van der Waals surface area contributed by atoms with Gasteiger partial charge in [-0.25, -0.2) is 4.39 Å². The Morgan fingerprint density at radius 3 is 2.45 bits per heavy atom. The molecule has 4 aromatic rings. The van der Waals surface area contributed by atoms with Crippen LogP contribution in [0, 0.1) is 5.82 Å². The summed E-state index contributed by atoms with van der Waals surface area (Å²) in [4.78, 5) is 95.6. The van der Waals surface area contributed by atoms with Crippen LogP contribution >= 0.6 is 30.6 Å². The molecule has 1 saturated heterocycles. The van der Waals surface area contributed by atoms with Crippen molar-refractivity contribution in [3.8, 4) is 16.9 Å². The second-order valence-corrected chi connectivity index (χ2v) is 22.9. The number of halogens is 2. The maximum Gasteiger partial charge on any atom is 0.264 e. The van der Waals surface area contributed by atoms with E-state index in [1.165, 1.54) is 28.8 Å². The molecule has 2 atom stereocenters. The van der Waals surface area contributed by atoms with Crippen molar-refractivity contribution in [3.05, 3.63) is 128 Å².